The molecule has 4 amide bonds. The summed E-state index contributed by atoms with van der Waals surface area (Å²) in [6.45, 7) is 5.80. The first-order chi connectivity index (χ1) is 24.1. The van der Waals surface area contributed by atoms with Crippen LogP contribution in [0.1, 0.15) is 57.5 Å². The average Bonchev–Trinajstić information content (AvgIpc) is 3.62. The Balaban J connectivity index is 1.57. The van der Waals surface area contributed by atoms with Crippen molar-refractivity contribution in [2.24, 2.45) is 16.9 Å². The number of imidazole rings is 1. The molecule has 0 saturated heterocycles. The summed E-state index contributed by atoms with van der Waals surface area (Å²) < 4.78 is 30.9. The van der Waals surface area contributed by atoms with Gasteiger partial charge in [-0.1, -0.05) is 51.1 Å². The number of carboxylic acid groups (broad SMARTS) is 1. The van der Waals surface area contributed by atoms with Gasteiger partial charge >= 0.3 is 5.97 Å². The van der Waals surface area contributed by atoms with Crippen LogP contribution in [0.3, 0.4) is 0 Å². The molecule has 2 heterocycles. The first-order valence-electron chi connectivity index (χ1n) is 16.5. The first-order valence-corrected chi connectivity index (χ1v) is 16.5. The summed E-state index contributed by atoms with van der Waals surface area (Å²) in [5.74, 6) is -4.86. The van der Waals surface area contributed by atoms with E-state index in [1.165, 1.54) is 0 Å². The van der Waals surface area contributed by atoms with E-state index in [1.807, 2.05) is 55.7 Å². The number of rotatable bonds is 17. The van der Waals surface area contributed by atoms with Crippen LogP contribution in [0.25, 0.3) is 11.3 Å². The van der Waals surface area contributed by atoms with Crippen molar-refractivity contribution in [1.82, 2.24) is 24.7 Å². The van der Waals surface area contributed by atoms with Crippen LogP contribution in [0.4, 0.5) is 8.78 Å². The van der Waals surface area contributed by atoms with Crippen LogP contribution < -0.4 is 16.8 Å². The Morgan fingerprint density at radius 1 is 1.02 bits per heavy atom. The number of halogens is 2. The molecule has 3 aromatic rings. The third kappa shape index (κ3) is 9.92. The molecular formula is C36H43F2N7O6. The van der Waals surface area contributed by atoms with Crippen molar-refractivity contribution in [3.05, 3.63) is 89.9 Å². The lowest BCUT2D eigenvalue weighted by Crippen LogP contribution is -2.54. The van der Waals surface area contributed by atoms with Crippen LogP contribution >= 0.6 is 0 Å². The molecule has 272 valence electrons. The molecule has 3 atom stereocenters. The highest BCUT2D eigenvalue weighted by Crippen LogP contribution is 2.35. The smallest absolute Gasteiger partial charge is 0.326 e. The van der Waals surface area contributed by atoms with Crippen LogP contribution in [0.15, 0.2) is 66.9 Å². The number of carbonyl (C=O) groups is 5. The van der Waals surface area contributed by atoms with Gasteiger partial charge in [-0.15, -0.1) is 0 Å². The molecule has 4 rings (SSSR count). The van der Waals surface area contributed by atoms with Crippen LogP contribution in [0.5, 0.6) is 0 Å². The molecule has 1 aliphatic heterocycles. The number of aliphatic carboxylic acids is 1. The van der Waals surface area contributed by atoms with Gasteiger partial charge in [-0.2, -0.15) is 0 Å². The molecule has 1 aliphatic rings. The Bertz CT molecular complexity index is 1770. The number of aromatic nitrogens is 2. The van der Waals surface area contributed by atoms with Crippen molar-refractivity contribution < 1.29 is 37.9 Å². The van der Waals surface area contributed by atoms with Gasteiger partial charge in [-0.3, -0.25) is 24.1 Å². The van der Waals surface area contributed by atoms with Gasteiger partial charge in [0, 0.05) is 50.0 Å². The fourth-order valence-corrected chi connectivity index (χ4v) is 5.87. The number of nitrogens with two attached hydrogens (primary N) is 2. The number of amides is 4. The number of nitrogens with one attached hydrogen (secondary N) is 1. The van der Waals surface area contributed by atoms with Gasteiger partial charge in [0.15, 0.2) is 0 Å². The highest BCUT2D eigenvalue weighted by Gasteiger charge is 2.35. The summed E-state index contributed by atoms with van der Waals surface area (Å²) in [4.78, 5) is 68.4. The molecule has 1 aromatic heterocycles. The molecule has 0 saturated carbocycles. The normalized spacial score (nSPS) is 14.8. The zero-order valence-corrected chi connectivity index (χ0v) is 28.7. The largest absolute Gasteiger partial charge is 0.480 e. The van der Waals surface area contributed by atoms with Crippen LogP contribution in [-0.2, 0) is 30.5 Å². The molecule has 0 aliphatic carbocycles. The average molecular weight is 708 g/mol. The zero-order chi connectivity index (χ0) is 37.5. The minimum atomic E-state index is -1.50. The Morgan fingerprint density at radius 3 is 2.29 bits per heavy atom. The fourth-order valence-electron chi connectivity index (χ4n) is 5.87. The number of nitrogens with zero attached hydrogens (tertiary/aromatic N) is 4. The van der Waals surface area contributed by atoms with E-state index in [0.29, 0.717) is 12.4 Å². The van der Waals surface area contributed by atoms with Crippen LogP contribution in [-0.4, -0.2) is 85.8 Å². The fraction of sp³-hybridized carbons (Fsp3) is 0.389. The van der Waals surface area contributed by atoms with E-state index in [2.05, 4.69) is 5.32 Å². The lowest BCUT2D eigenvalue weighted by molar-refractivity contribution is -0.152. The minimum absolute atomic E-state index is 0.000799. The number of primary amides is 1. The standard InChI is InChI=1S/C36H43F2N7O6/c1-36(2,3)32(33-42-27(24-19-23(37)9-10-25(24)38)21-43(33)20-22-7-5-4-6-8-22)41-16-15-26(39)34(49)44(28(35(50)51)11-12-29(40)46)17-18-45-30(47)13-14-31(45)48/h4-10,13-14,19,21,26,28,32,41H,11-12,15-18,20,39H2,1-3H3,(H2,40,46)(H,50,51)/t26-,28-,32-/m0/s1. The Morgan fingerprint density at radius 2 is 1.69 bits per heavy atom. The van der Waals surface area contributed by atoms with Gasteiger partial charge in [0.05, 0.1) is 17.8 Å². The molecule has 51 heavy (non-hydrogen) atoms. The molecule has 0 bridgehead atoms. The number of carboxylic acids is 1. The van der Waals surface area contributed by atoms with Gasteiger partial charge in [0.25, 0.3) is 11.8 Å². The van der Waals surface area contributed by atoms with E-state index in [0.717, 1.165) is 45.7 Å². The van der Waals surface area contributed by atoms with E-state index >= 15 is 0 Å². The highest BCUT2D eigenvalue weighted by molar-refractivity contribution is 6.12. The number of hydrogen-bond acceptors (Lipinski definition) is 8. The van der Waals surface area contributed by atoms with Crippen LogP contribution in [0, 0.1) is 17.0 Å². The predicted molar refractivity (Wildman–Crippen MR) is 183 cm³/mol. The van der Waals surface area contributed by atoms with Gasteiger partial charge in [-0.05, 0) is 48.6 Å². The Labute approximate surface area is 294 Å². The predicted octanol–water partition coefficient (Wildman–Crippen LogP) is 2.74. The third-order valence-electron chi connectivity index (χ3n) is 8.53. The van der Waals surface area contributed by atoms with E-state index < -0.39 is 64.8 Å². The zero-order valence-electron chi connectivity index (χ0n) is 28.7. The second kappa shape index (κ2) is 16.6. The Hall–Kier alpha value is -5.28. The topological polar surface area (TPSA) is 194 Å². The summed E-state index contributed by atoms with van der Waals surface area (Å²) >= 11 is 0. The summed E-state index contributed by atoms with van der Waals surface area (Å²) in [7, 11) is 0. The number of hydrogen-bond donors (Lipinski definition) is 4. The van der Waals surface area contributed by atoms with Gasteiger partial charge in [0.2, 0.25) is 11.8 Å². The van der Waals surface area contributed by atoms with Crippen molar-refractivity contribution in [1.29, 1.82) is 0 Å². The van der Waals surface area contributed by atoms with Crippen molar-refractivity contribution in [2.75, 3.05) is 19.6 Å². The lowest BCUT2D eigenvalue weighted by atomic mass is 9.86. The van der Waals surface area contributed by atoms with E-state index in [1.54, 1.807) is 6.20 Å². The van der Waals surface area contributed by atoms with Crippen molar-refractivity contribution in [3.8, 4) is 11.3 Å². The van der Waals surface area contributed by atoms with Gasteiger partial charge in [-0.25, -0.2) is 18.6 Å². The molecule has 0 fully saturated rings. The van der Waals surface area contributed by atoms with Crippen molar-refractivity contribution in [3.63, 3.8) is 0 Å². The monoisotopic (exact) mass is 707 g/mol. The molecule has 13 nitrogen and oxygen atoms in total. The number of imide groups is 1. The lowest BCUT2D eigenvalue weighted by Gasteiger charge is -2.33. The second-order valence-corrected chi connectivity index (χ2v) is 13.4. The molecule has 0 radical (unpaired) electrons. The number of benzene rings is 2. The second-order valence-electron chi connectivity index (χ2n) is 13.4. The molecule has 15 heteroatoms. The summed E-state index contributed by atoms with van der Waals surface area (Å²) in [6, 6.07) is 9.47. The van der Waals surface area contributed by atoms with Crippen molar-refractivity contribution >= 4 is 29.6 Å². The molecule has 6 N–H and O–H groups in total. The maximum absolute atomic E-state index is 14.9. The van der Waals surface area contributed by atoms with E-state index in [9.17, 15) is 37.9 Å². The highest BCUT2D eigenvalue weighted by atomic mass is 19.1. The number of carbonyl (C=O) groups excluding carboxylic acids is 4. The van der Waals surface area contributed by atoms with E-state index in [-0.39, 0.29) is 50.2 Å². The maximum atomic E-state index is 14.9. The summed E-state index contributed by atoms with van der Waals surface area (Å²) in [5, 5.41) is 13.4. The third-order valence-corrected chi connectivity index (χ3v) is 8.53. The first kappa shape index (κ1) is 38.5. The maximum Gasteiger partial charge on any atom is 0.326 e. The molecular weight excluding hydrogens is 664 g/mol. The van der Waals surface area contributed by atoms with Gasteiger partial charge < -0.3 is 31.4 Å². The van der Waals surface area contributed by atoms with Gasteiger partial charge in [0.1, 0.15) is 23.5 Å². The molecule has 0 unspecified atom stereocenters. The molecule has 0 spiro atoms. The Kier molecular flexibility index (Phi) is 12.6. The molecule has 2 aromatic carbocycles. The van der Waals surface area contributed by atoms with Crippen LogP contribution in [0.2, 0.25) is 0 Å². The van der Waals surface area contributed by atoms with E-state index in [4.69, 9.17) is 16.5 Å². The minimum Gasteiger partial charge on any atom is -0.480 e. The van der Waals surface area contributed by atoms with Crippen molar-refractivity contribution in [2.45, 2.75) is 64.7 Å². The SMILES string of the molecule is CC(C)(C)[C@@H](NCC[C@H](N)C(=O)N(CCN1C(=O)C=CC1=O)[C@@H](CCC(N)=O)C(=O)O)c1nc(-c2cc(F)ccc2F)cn1Cc1ccccc1. The summed E-state index contributed by atoms with van der Waals surface area (Å²) in [5.41, 5.74) is 12.3. The summed E-state index contributed by atoms with van der Waals surface area (Å²) in [6.07, 6.45) is 3.20. The quantitative estimate of drug-likeness (QED) is 0.153.